The van der Waals surface area contributed by atoms with E-state index in [4.69, 9.17) is 0 Å². The van der Waals surface area contributed by atoms with Crippen molar-refractivity contribution in [3.8, 4) is 0 Å². The normalized spacial score (nSPS) is 11.0. The highest BCUT2D eigenvalue weighted by Crippen LogP contribution is 2.20. The number of nitrogens with zero attached hydrogens (tertiary/aromatic N) is 10. The van der Waals surface area contributed by atoms with Gasteiger partial charge in [0.1, 0.15) is 17.1 Å². The molecule has 0 atom stereocenters. The molecule has 0 saturated carbocycles. The van der Waals surface area contributed by atoms with E-state index in [1.165, 1.54) is 59.6 Å². The summed E-state index contributed by atoms with van der Waals surface area (Å²) < 4.78 is 9.02. The second-order valence-corrected chi connectivity index (χ2v) is 16.5. The van der Waals surface area contributed by atoms with Crippen LogP contribution in [-0.4, -0.2) is 135 Å². The van der Waals surface area contributed by atoms with Gasteiger partial charge in [-0.2, -0.15) is 0 Å². The largest absolute Gasteiger partial charge is 0.355 e. The molecule has 70 heavy (non-hydrogen) atoms. The van der Waals surface area contributed by atoms with Crippen molar-refractivity contribution < 1.29 is 38.4 Å². The molecule has 0 aliphatic rings. The Morgan fingerprint density at radius 2 is 0.957 bits per heavy atom. The first-order chi connectivity index (χ1) is 33.3. The minimum atomic E-state index is -0.632. The number of rotatable bonds is 21. The number of likely N-dealkylation sites (N-methyl/N-ethyl adjacent to an activating group) is 1. The number of aromatic nitrogens is 9. The molecule has 26 nitrogen and oxygen atoms in total. The van der Waals surface area contributed by atoms with Gasteiger partial charge >= 0.3 is 0 Å². The number of carbonyl (C=O) groups is 8. The van der Waals surface area contributed by atoms with E-state index >= 15 is 0 Å². The van der Waals surface area contributed by atoms with E-state index in [2.05, 4.69) is 57.5 Å². The van der Waals surface area contributed by atoms with E-state index in [0.717, 1.165) is 0 Å². The van der Waals surface area contributed by atoms with E-state index < -0.39 is 35.4 Å². The number of anilines is 5. The van der Waals surface area contributed by atoms with Crippen LogP contribution in [-0.2, 0) is 51.9 Å². The van der Waals surface area contributed by atoms with Gasteiger partial charge < -0.3 is 74.8 Å². The Hall–Kier alpha value is -8.81. The molecule has 0 bridgehead atoms. The van der Waals surface area contributed by atoms with Gasteiger partial charge in [0.25, 0.3) is 35.4 Å². The number of aryl methyl sites for hydroxylation is 6. The lowest BCUT2D eigenvalue weighted by molar-refractivity contribution is -0.121. The summed E-state index contributed by atoms with van der Waals surface area (Å²) in [7, 11) is 13.6. The number of hydrogen-bond acceptors (Lipinski definition) is 12. The Balaban J connectivity index is 0.921. The zero-order chi connectivity index (χ0) is 50.8. The molecule has 6 heterocycles. The number of imidazole rings is 3. The van der Waals surface area contributed by atoms with Gasteiger partial charge in [-0.05, 0) is 38.7 Å². The fraction of sp³-hybridized carbons (Fsp3) is 0.341. The van der Waals surface area contributed by atoms with Crippen LogP contribution in [0, 0.1) is 0 Å². The number of carbonyl (C=O) groups excluding carboxylic acids is 8. The lowest BCUT2D eigenvalue weighted by atomic mass is 10.3. The number of nitrogens with one attached hydrogen (secondary N) is 8. The summed E-state index contributed by atoms with van der Waals surface area (Å²) in [5.74, 6) is -3.25. The van der Waals surface area contributed by atoms with Crippen LogP contribution in [0.2, 0.25) is 0 Å². The third-order valence-corrected chi connectivity index (χ3v) is 10.6. The summed E-state index contributed by atoms with van der Waals surface area (Å²) in [6.45, 7) is 1.47. The quantitative estimate of drug-likeness (QED) is 0.0466. The van der Waals surface area contributed by atoms with Gasteiger partial charge in [0.15, 0.2) is 17.5 Å². The molecule has 370 valence electrons. The highest BCUT2D eigenvalue weighted by atomic mass is 16.2. The van der Waals surface area contributed by atoms with E-state index in [-0.39, 0.29) is 90.4 Å². The second-order valence-electron chi connectivity index (χ2n) is 16.5. The van der Waals surface area contributed by atoms with Gasteiger partial charge in [0.05, 0.1) is 17.1 Å². The minimum absolute atomic E-state index is 0.00358. The summed E-state index contributed by atoms with van der Waals surface area (Å²) >= 11 is 0. The average molecular weight is 965 g/mol. The molecule has 0 aromatic carbocycles. The maximum atomic E-state index is 13.3. The highest BCUT2D eigenvalue weighted by molar-refractivity contribution is 6.08. The molecular weight excluding hydrogens is 909 g/mol. The Labute approximate surface area is 401 Å². The van der Waals surface area contributed by atoms with Crippen LogP contribution in [0.5, 0.6) is 0 Å². The molecule has 26 heteroatoms. The first-order valence-corrected chi connectivity index (χ1v) is 21.8. The number of hydrogen-bond donors (Lipinski definition) is 8. The Morgan fingerprint density at radius 3 is 1.47 bits per heavy atom. The van der Waals surface area contributed by atoms with E-state index in [1.807, 2.05) is 19.0 Å². The van der Waals surface area contributed by atoms with Crippen LogP contribution in [0.1, 0.15) is 82.6 Å². The molecule has 0 aliphatic heterocycles. The van der Waals surface area contributed by atoms with Crippen LogP contribution in [0.25, 0.3) is 0 Å². The van der Waals surface area contributed by atoms with E-state index in [9.17, 15) is 38.4 Å². The molecule has 0 saturated heterocycles. The van der Waals surface area contributed by atoms with Crippen molar-refractivity contribution in [2.75, 3.05) is 66.9 Å². The molecule has 8 N–H and O–H groups in total. The Bertz CT molecular complexity index is 2940. The van der Waals surface area contributed by atoms with Crippen molar-refractivity contribution in [3.05, 3.63) is 96.1 Å². The van der Waals surface area contributed by atoms with Gasteiger partial charge in [-0.1, -0.05) is 0 Å². The molecule has 0 fully saturated rings. The Kier molecular flexibility index (Phi) is 16.1. The SMILES string of the molecule is CN(C)CCNC(=O)CCNC(=O)c1cc(NC(=O)c2cc(NC(=O)c3cc(NC(=O)CCCNC(=O)c4nc(NC(=O)c5nc(NC(=O)c6nccn6C)cn5C)cn4C)cn3C)cn2C)cn1C. The summed E-state index contributed by atoms with van der Waals surface area (Å²) in [6.07, 6.45) is 11.2. The van der Waals surface area contributed by atoms with Gasteiger partial charge in [0, 0.05) is 125 Å². The fourth-order valence-corrected chi connectivity index (χ4v) is 7.01. The van der Waals surface area contributed by atoms with E-state index in [0.29, 0.717) is 30.2 Å². The maximum Gasteiger partial charge on any atom is 0.292 e. The number of amides is 8. The van der Waals surface area contributed by atoms with Crippen LogP contribution in [0.3, 0.4) is 0 Å². The fourth-order valence-electron chi connectivity index (χ4n) is 7.01. The van der Waals surface area contributed by atoms with E-state index in [1.54, 1.807) is 71.6 Å². The molecule has 6 rings (SSSR count). The third kappa shape index (κ3) is 13.0. The molecule has 6 aromatic rings. The predicted molar refractivity (Wildman–Crippen MR) is 256 cm³/mol. The van der Waals surface area contributed by atoms with Crippen molar-refractivity contribution >= 4 is 76.0 Å². The van der Waals surface area contributed by atoms with Gasteiger partial charge in [-0.3, -0.25) is 38.4 Å². The second kappa shape index (κ2) is 22.3. The highest BCUT2D eigenvalue weighted by Gasteiger charge is 2.22. The van der Waals surface area contributed by atoms with Crippen molar-refractivity contribution in [2.24, 2.45) is 42.3 Å². The summed E-state index contributed by atoms with van der Waals surface area (Å²) in [6, 6.07) is 4.52. The molecular formula is C44H56N18O8. The molecule has 0 aliphatic carbocycles. The maximum absolute atomic E-state index is 13.3. The molecule has 0 radical (unpaired) electrons. The summed E-state index contributed by atoms with van der Waals surface area (Å²) in [5, 5.41) is 21.7. The predicted octanol–water partition coefficient (Wildman–Crippen LogP) is 0.858. The van der Waals surface area contributed by atoms with Gasteiger partial charge in [0.2, 0.25) is 23.5 Å². The first-order valence-electron chi connectivity index (χ1n) is 21.8. The van der Waals surface area contributed by atoms with Crippen LogP contribution in [0.4, 0.5) is 28.7 Å². The van der Waals surface area contributed by atoms with Crippen molar-refractivity contribution in [3.63, 3.8) is 0 Å². The van der Waals surface area contributed by atoms with Crippen molar-refractivity contribution in [2.45, 2.75) is 19.3 Å². The lowest BCUT2D eigenvalue weighted by Gasteiger charge is -2.10. The van der Waals surface area contributed by atoms with Crippen LogP contribution in [0.15, 0.2) is 61.6 Å². The average Bonchev–Trinajstić information content (AvgIpc) is 4.16. The third-order valence-electron chi connectivity index (χ3n) is 10.6. The summed E-state index contributed by atoms with van der Waals surface area (Å²) in [5.41, 5.74) is 1.78. The molecule has 6 aromatic heterocycles. The Morgan fingerprint density at radius 1 is 0.471 bits per heavy atom. The standard InChI is InChI=1S/C44H56N18O8/c1-56(2)16-14-45-34(63)11-13-48-39(65)29-19-27(22-58(29)4)50-41(67)31-20-28(23-60(31)6)51-40(66)30-18-26(21-59(30)5)49-35(64)10-9-12-47-42(68)37-52-32(24-61(37)7)55-44(70)38-53-33(25-62(38)8)54-43(69)36-46-15-17-57(36)3/h15,17-25H,9-14,16H2,1-8H3,(H,45,63)(H,47,68)(H,48,65)(H,49,64)(H,50,67)(H,51,66)(H,54,69)(H,55,70). The zero-order valence-electron chi connectivity index (χ0n) is 40.0. The smallest absolute Gasteiger partial charge is 0.292 e. The lowest BCUT2D eigenvalue weighted by Crippen LogP contribution is -2.34. The molecule has 8 amide bonds. The van der Waals surface area contributed by atoms with Crippen molar-refractivity contribution in [1.29, 1.82) is 0 Å². The monoisotopic (exact) mass is 964 g/mol. The topological polar surface area (TPSA) is 304 Å². The molecule has 0 spiro atoms. The zero-order valence-corrected chi connectivity index (χ0v) is 40.0. The molecule has 0 unspecified atom stereocenters. The van der Waals surface area contributed by atoms with Gasteiger partial charge in [-0.15, -0.1) is 0 Å². The summed E-state index contributed by atoms with van der Waals surface area (Å²) in [4.78, 5) is 117. The van der Waals surface area contributed by atoms with Crippen molar-refractivity contribution in [1.82, 2.24) is 63.2 Å². The van der Waals surface area contributed by atoms with Crippen LogP contribution >= 0.6 is 0 Å². The minimum Gasteiger partial charge on any atom is -0.355 e. The van der Waals surface area contributed by atoms with Gasteiger partial charge in [-0.25, -0.2) is 15.0 Å². The first kappa shape index (κ1) is 50.6. The van der Waals surface area contributed by atoms with Crippen LogP contribution < -0.4 is 42.5 Å².